The van der Waals surface area contributed by atoms with Gasteiger partial charge in [0, 0.05) is 16.2 Å². The van der Waals surface area contributed by atoms with E-state index in [0.717, 1.165) is 17.7 Å². The number of ether oxygens (including phenoxy) is 2. The smallest absolute Gasteiger partial charge is 0.330 e. The van der Waals surface area contributed by atoms with Crippen LogP contribution in [0.15, 0.2) is 40.8 Å². The van der Waals surface area contributed by atoms with Gasteiger partial charge in [-0.2, -0.15) is 0 Å². The van der Waals surface area contributed by atoms with Crippen molar-refractivity contribution in [1.82, 2.24) is 0 Å². The highest BCUT2D eigenvalue weighted by Gasteiger charge is 2.03. The molecule has 0 fully saturated rings. The van der Waals surface area contributed by atoms with Crippen molar-refractivity contribution in [2.24, 2.45) is 0 Å². The molecule has 1 aromatic rings. The van der Waals surface area contributed by atoms with E-state index in [1.807, 2.05) is 30.8 Å². The highest BCUT2D eigenvalue weighted by Crippen LogP contribution is 2.26. The SMILES string of the molecule is CCOC(=O)/C=C(\C)COc1ccc(SC(C)CC)cc1. The van der Waals surface area contributed by atoms with E-state index in [-0.39, 0.29) is 5.97 Å². The van der Waals surface area contributed by atoms with Crippen molar-refractivity contribution in [3.05, 3.63) is 35.9 Å². The fourth-order valence-electron chi connectivity index (χ4n) is 1.55. The van der Waals surface area contributed by atoms with Crippen LogP contribution in [0.5, 0.6) is 5.75 Å². The van der Waals surface area contributed by atoms with Crippen molar-refractivity contribution < 1.29 is 14.3 Å². The van der Waals surface area contributed by atoms with E-state index in [0.29, 0.717) is 18.5 Å². The summed E-state index contributed by atoms with van der Waals surface area (Å²) in [5, 5.41) is 0.617. The van der Waals surface area contributed by atoms with Crippen molar-refractivity contribution >= 4 is 17.7 Å². The average molecular weight is 308 g/mol. The molecule has 0 spiro atoms. The van der Waals surface area contributed by atoms with E-state index in [4.69, 9.17) is 9.47 Å². The van der Waals surface area contributed by atoms with Gasteiger partial charge in [0.2, 0.25) is 0 Å². The van der Waals surface area contributed by atoms with E-state index in [2.05, 4.69) is 26.0 Å². The third kappa shape index (κ3) is 7.23. The molecule has 0 aliphatic heterocycles. The second-order valence-electron chi connectivity index (χ2n) is 4.84. The van der Waals surface area contributed by atoms with E-state index in [1.165, 1.54) is 11.0 Å². The van der Waals surface area contributed by atoms with E-state index >= 15 is 0 Å². The van der Waals surface area contributed by atoms with Gasteiger partial charge < -0.3 is 9.47 Å². The van der Waals surface area contributed by atoms with Gasteiger partial charge >= 0.3 is 5.97 Å². The fourth-order valence-corrected chi connectivity index (χ4v) is 2.48. The number of benzene rings is 1. The first-order valence-corrected chi connectivity index (χ1v) is 8.16. The van der Waals surface area contributed by atoms with Gasteiger partial charge in [0.25, 0.3) is 0 Å². The summed E-state index contributed by atoms with van der Waals surface area (Å²) in [5.41, 5.74) is 0.839. The number of esters is 1. The third-order valence-electron chi connectivity index (χ3n) is 2.85. The monoisotopic (exact) mass is 308 g/mol. The van der Waals surface area contributed by atoms with Crippen LogP contribution in [-0.4, -0.2) is 24.4 Å². The molecule has 0 N–H and O–H groups in total. The Hall–Kier alpha value is -1.42. The molecule has 0 amide bonds. The molecular weight excluding hydrogens is 284 g/mol. The summed E-state index contributed by atoms with van der Waals surface area (Å²) >= 11 is 1.86. The molecule has 0 aliphatic carbocycles. The van der Waals surface area contributed by atoms with Gasteiger partial charge in [-0.05, 0) is 50.1 Å². The van der Waals surface area contributed by atoms with Gasteiger partial charge in [-0.25, -0.2) is 4.79 Å². The Balaban J connectivity index is 2.47. The number of hydrogen-bond donors (Lipinski definition) is 0. The number of carbonyl (C=O) groups excluding carboxylic acids is 1. The Morgan fingerprint density at radius 2 is 1.95 bits per heavy atom. The summed E-state index contributed by atoms with van der Waals surface area (Å²) in [5.74, 6) is 0.485. The summed E-state index contributed by atoms with van der Waals surface area (Å²) in [6.45, 7) is 8.82. The first-order chi connectivity index (χ1) is 10.0. The lowest BCUT2D eigenvalue weighted by atomic mass is 10.3. The number of thioether (sulfide) groups is 1. The van der Waals surface area contributed by atoms with Crippen LogP contribution in [0.25, 0.3) is 0 Å². The Bertz CT molecular complexity index is 465. The van der Waals surface area contributed by atoms with Crippen molar-refractivity contribution in [3.63, 3.8) is 0 Å². The summed E-state index contributed by atoms with van der Waals surface area (Å²) < 4.78 is 10.5. The normalized spacial score (nSPS) is 12.9. The van der Waals surface area contributed by atoms with Crippen LogP contribution >= 0.6 is 11.8 Å². The number of hydrogen-bond acceptors (Lipinski definition) is 4. The molecule has 0 saturated heterocycles. The van der Waals surface area contributed by atoms with Crippen LogP contribution in [0, 0.1) is 0 Å². The predicted molar refractivity (Wildman–Crippen MR) is 87.9 cm³/mol. The lowest BCUT2D eigenvalue weighted by Gasteiger charge is -2.10. The molecule has 21 heavy (non-hydrogen) atoms. The average Bonchev–Trinajstić information content (AvgIpc) is 2.46. The largest absolute Gasteiger partial charge is 0.489 e. The first kappa shape index (κ1) is 17.6. The van der Waals surface area contributed by atoms with E-state index in [9.17, 15) is 4.79 Å². The van der Waals surface area contributed by atoms with Crippen LogP contribution in [-0.2, 0) is 9.53 Å². The molecule has 3 nitrogen and oxygen atoms in total. The summed E-state index contributed by atoms with van der Waals surface area (Å²) in [6, 6.07) is 8.05. The molecule has 0 radical (unpaired) electrons. The van der Waals surface area contributed by atoms with Gasteiger partial charge in [-0.1, -0.05) is 13.8 Å². The van der Waals surface area contributed by atoms with Crippen LogP contribution in [0.1, 0.15) is 34.1 Å². The maximum atomic E-state index is 11.3. The first-order valence-electron chi connectivity index (χ1n) is 7.28. The Kier molecular flexibility index (Phi) is 7.98. The summed E-state index contributed by atoms with van der Waals surface area (Å²) in [4.78, 5) is 12.5. The molecule has 0 saturated carbocycles. The predicted octanol–water partition coefficient (Wildman–Crippen LogP) is 4.47. The molecule has 1 unspecified atom stereocenters. The minimum atomic E-state index is -0.320. The van der Waals surface area contributed by atoms with Crippen molar-refractivity contribution in [2.75, 3.05) is 13.2 Å². The third-order valence-corrected chi connectivity index (χ3v) is 4.13. The highest BCUT2D eigenvalue weighted by molar-refractivity contribution is 7.99. The van der Waals surface area contributed by atoms with Crippen LogP contribution in [0.2, 0.25) is 0 Å². The summed E-state index contributed by atoms with van der Waals surface area (Å²) in [6.07, 6.45) is 2.62. The lowest BCUT2D eigenvalue weighted by Crippen LogP contribution is -2.04. The molecule has 0 heterocycles. The van der Waals surface area contributed by atoms with Gasteiger partial charge in [0.05, 0.1) is 6.61 Å². The second-order valence-corrected chi connectivity index (χ2v) is 6.35. The van der Waals surface area contributed by atoms with Crippen molar-refractivity contribution in [1.29, 1.82) is 0 Å². The van der Waals surface area contributed by atoms with E-state index < -0.39 is 0 Å². The quantitative estimate of drug-likeness (QED) is 0.403. The zero-order valence-electron chi connectivity index (χ0n) is 13.2. The zero-order valence-corrected chi connectivity index (χ0v) is 14.0. The maximum Gasteiger partial charge on any atom is 0.330 e. The minimum absolute atomic E-state index is 0.320. The molecule has 0 aliphatic rings. The topological polar surface area (TPSA) is 35.5 Å². The molecule has 1 aromatic carbocycles. The standard InChI is InChI=1S/C17H24O3S/c1-5-14(4)21-16-9-7-15(8-10-16)20-12-13(3)11-17(18)19-6-2/h7-11,14H,5-6,12H2,1-4H3/b13-11+. The highest BCUT2D eigenvalue weighted by atomic mass is 32.2. The Morgan fingerprint density at radius 1 is 1.29 bits per heavy atom. The van der Waals surface area contributed by atoms with E-state index in [1.54, 1.807) is 6.92 Å². The maximum absolute atomic E-state index is 11.3. The number of carbonyl (C=O) groups is 1. The minimum Gasteiger partial charge on any atom is -0.489 e. The molecule has 0 aromatic heterocycles. The van der Waals surface area contributed by atoms with Crippen LogP contribution in [0.4, 0.5) is 0 Å². The van der Waals surface area contributed by atoms with Crippen molar-refractivity contribution in [2.45, 2.75) is 44.3 Å². The zero-order chi connectivity index (χ0) is 15.7. The summed E-state index contributed by atoms with van der Waals surface area (Å²) in [7, 11) is 0. The molecule has 0 bridgehead atoms. The Labute approximate surface area is 131 Å². The molecule has 4 heteroatoms. The van der Waals surface area contributed by atoms with Gasteiger partial charge in [0.1, 0.15) is 12.4 Å². The Morgan fingerprint density at radius 3 is 2.52 bits per heavy atom. The van der Waals surface area contributed by atoms with Crippen LogP contribution in [0.3, 0.4) is 0 Å². The molecule has 116 valence electrons. The molecule has 1 rings (SSSR count). The fraction of sp³-hybridized carbons (Fsp3) is 0.471. The molecular formula is C17H24O3S. The van der Waals surface area contributed by atoms with Crippen molar-refractivity contribution in [3.8, 4) is 5.75 Å². The van der Waals surface area contributed by atoms with Gasteiger partial charge in [-0.3, -0.25) is 0 Å². The number of rotatable bonds is 8. The van der Waals surface area contributed by atoms with Crippen LogP contribution < -0.4 is 4.74 Å². The van der Waals surface area contributed by atoms with Gasteiger partial charge in [-0.15, -0.1) is 11.8 Å². The molecule has 1 atom stereocenters. The lowest BCUT2D eigenvalue weighted by molar-refractivity contribution is -0.137. The van der Waals surface area contributed by atoms with Gasteiger partial charge in [0.15, 0.2) is 0 Å². The second kappa shape index (κ2) is 9.50.